The van der Waals surface area contributed by atoms with Crippen molar-refractivity contribution in [3.8, 4) is 11.3 Å². The normalized spacial score (nSPS) is 18.7. The van der Waals surface area contributed by atoms with E-state index in [1.54, 1.807) is 6.07 Å². The Bertz CT molecular complexity index is 1140. The summed E-state index contributed by atoms with van der Waals surface area (Å²) in [4.78, 5) is 19.0. The van der Waals surface area contributed by atoms with Crippen LogP contribution in [-0.2, 0) is 0 Å². The summed E-state index contributed by atoms with van der Waals surface area (Å²) in [5.74, 6) is 0.631. The van der Waals surface area contributed by atoms with E-state index >= 15 is 0 Å². The largest absolute Gasteiger partial charge is 0.369 e. The molecular formula is C21H22ClN7. The fourth-order valence-electron chi connectivity index (χ4n) is 4.49. The van der Waals surface area contributed by atoms with E-state index in [1.807, 2.05) is 24.3 Å². The molecule has 1 spiro atoms. The Hall–Kier alpha value is -3.06. The molecule has 1 aromatic carbocycles. The second-order valence-corrected chi connectivity index (χ2v) is 7.97. The van der Waals surface area contributed by atoms with Gasteiger partial charge in [-0.05, 0) is 49.9 Å². The van der Waals surface area contributed by atoms with E-state index < -0.39 is 5.66 Å². The Labute approximate surface area is 173 Å². The monoisotopic (exact) mass is 407 g/mol. The van der Waals surface area contributed by atoms with Crippen molar-refractivity contribution >= 4 is 40.2 Å². The minimum atomic E-state index is -0.488. The number of hydrogen-bond acceptors (Lipinski definition) is 6. The minimum absolute atomic E-state index is 0.252. The van der Waals surface area contributed by atoms with Crippen LogP contribution in [0.4, 0.5) is 5.69 Å². The number of anilines is 1. The highest BCUT2D eigenvalue weighted by Crippen LogP contribution is 2.42. The Kier molecular flexibility index (Phi) is 4.20. The van der Waals surface area contributed by atoms with E-state index in [0.29, 0.717) is 11.1 Å². The number of halogens is 1. The molecule has 0 radical (unpaired) electrons. The molecule has 0 saturated heterocycles. The van der Waals surface area contributed by atoms with Gasteiger partial charge in [-0.25, -0.2) is 9.98 Å². The first-order chi connectivity index (χ1) is 14.1. The standard InChI is InChI=1S/C21H22ClN7/c22-18-9-8-14-16(26-18)12-15(25-14)13-6-2-3-7-17(13)29-20(24)27-19(23)28-21(29)10-4-1-5-11-21/h2-3,6-9,12,25H,1,4-5,10-11H2,(H4,23,24,27,28). The highest BCUT2D eigenvalue weighted by Gasteiger charge is 2.43. The number of para-hydroxylation sites is 1. The number of benzene rings is 1. The van der Waals surface area contributed by atoms with Crippen LogP contribution in [0.1, 0.15) is 32.1 Å². The van der Waals surface area contributed by atoms with Crippen LogP contribution in [0.15, 0.2) is 52.4 Å². The maximum atomic E-state index is 6.42. The lowest BCUT2D eigenvalue weighted by Gasteiger charge is -2.46. The van der Waals surface area contributed by atoms with Crippen molar-refractivity contribution in [1.82, 2.24) is 9.97 Å². The van der Waals surface area contributed by atoms with Gasteiger partial charge in [0.05, 0.1) is 22.4 Å². The zero-order chi connectivity index (χ0) is 20.0. The van der Waals surface area contributed by atoms with Crippen molar-refractivity contribution in [2.45, 2.75) is 37.8 Å². The highest BCUT2D eigenvalue weighted by molar-refractivity contribution is 6.29. The lowest BCUT2D eigenvalue weighted by molar-refractivity contribution is 0.305. The summed E-state index contributed by atoms with van der Waals surface area (Å²) < 4.78 is 0. The lowest BCUT2D eigenvalue weighted by Crippen LogP contribution is -2.58. The fraction of sp³-hybridized carbons (Fsp3) is 0.286. The number of pyridine rings is 1. The number of aromatic amines is 1. The van der Waals surface area contributed by atoms with Gasteiger partial charge in [-0.1, -0.05) is 36.2 Å². The zero-order valence-electron chi connectivity index (χ0n) is 15.9. The smallest absolute Gasteiger partial charge is 0.220 e. The van der Waals surface area contributed by atoms with Crippen LogP contribution < -0.4 is 16.4 Å². The number of hydrogen-bond donors (Lipinski definition) is 3. The molecule has 7 nitrogen and oxygen atoms in total. The predicted molar refractivity (Wildman–Crippen MR) is 118 cm³/mol. The van der Waals surface area contributed by atoms with E-state index in [4.69, 9.17) is 28.1 Å². The van der Waals surface area contributed by atoms with E-state index in [-0.39, 0.29) is 5.96 Å². The molecule has 5 N–H and O–H groups in total. The molecule has 1 aliphatic heterocycles. The number of nitrogens with one attached hydrogen (secondary N) is 1. The first-order valence-electron chi connectivity index (χ1n) is 9.80. The average Bonchev–Trinajstić information content (AvgIpc) is 3.11. The summed E-state index contributed by atoms with van der Waals surface area (Å²) in [6.45, 7) is 0. The van der Waals surface area contributed by atoms with Crippen molar-refractivity contribution in [3.05, 3.63) is 47.6 Å². The van der Waals surface area contributed by atoms with Gasteiger partial charge in [-0.3, -0.25) is 4.90 Å². The molecule has 0 amide bonds. The summed E-state index contributed by atoms with van der Waals surface area (Å²) in [5.41, 5.74) is 16.6. The summed E-state index contributed by atoms with van der Waals surface area (Å²) in [6.07, 6.45) is 5.14. The third-order valence-electron chi connectivity index (χ3n) is 5.73. The van der Waals surface area contributed by atoms with E-state index in [2.05, 4.69) is 32.0 Å². The first-order valence-corrected chi connectivity index (χ1v) is 10.2. The van der Waals surface area contributed by atoms with Crippen molar-refractivity contribution in [2.75, 3.05) is 4.90 Å². The highest BCUT2D eigenvalue weighted by atomic mass is 35.5. The molecule has 29 heavy (non-hydrogen) atoms. The first kappa shape index (κ1) is 18.0. The second kappa shape index (κ2) is 6.77. The summed E-state index contributed by atoms with van der Waals surface area (Å²) in [5, 5.41) is 0.467. The van der Waals surface area contributed by atoms with E-state index in [9.17, 15) is 0 Å². The van der Waals surface area contributed by atoms with Gasteiger partial charge in [0.1, 0.15) is 10.8 Å². The van der Waals surface area contributed by atoms with Crippen molar-refractivity contribution in [2.24, 2.45) is 21.5 Å². The number of H-pyrrole nitrogens is 1. The maximum absolute atomic E-state index is 6.42. The quantitative estimate of drug-likeness (QED) is 0.558. The lowest BCUT2D eigenvalue weighted by atomic mass is 9.87. The number of nitrogens with two attached hydrogens (primary N) is 2. The molecule has 3 aromatic rings. The fourth-order valence-corrected chi connectivity index (χ4v) is 4.65. The van der Waals surface area contributed by atoms with Gasteiger partial charge in [0.25, 0.3) is 0 Å². The van der Waals surface area contributed by atoms with Crippen LogP contribution in [0.25, 0.3) is 22.3 Å². The SMILES string of the molecule is NC1=NC2(CCCCC2)N(c2ccccc2-c2cc3nc(Cl)ccc3[nH]2)C(N)=N1. The zero-order valence-corrected chi connectivity index (χ0v) is 16.7. The van der Waals surface area contributed by atoms with Gasteiger partial charge >= 0.3 is 0 Å². The Balaban J connectivity index is 1.67. The van der Waals surface area contributed by atoms with Gasteiger partial charge < -0.3 is 16.5 Å². The van der Waals surface area contributed by atoms with Crippen LogP contribution in [-0.4, -0.2) is 27.5 Å². The third kappa shape index (κ3) is 3.02. The number of fused-ring (bicyclic) bond motifs is 1. The Morgan fingerprint density at radius 1 is 1.03 bits per heavy atom. The van der Waals surface area contributed by atoms with Crippen LogP contribution in [0.5, 0.6) is 0 Å². The average molecular weight is 408 g/mol. The van der Waals surface area contributed by atoms with Gasteiger partial charge in [-0.2, -0.15) is 4.99 Å². The number of guanidine groups is 2. The van der Waals surface area contributed by atoms with Crippen molar-refractivity contribution in [1.29, 1.82) is 0 Å². The molecule has 0 atom stereocenters. The van der Waals surface area contributed by atoms with E-state index in [1.165, 1.54) is 6.42 Å². The molecule has 1 fully saturated rings. The van der Waals surface area contributed by atoms with Crippen LogP contribution in [0, 0.1) is 0 Å². The molecule has 8 heteroatoms. The molecule has 2 aliphatic rings. The number of aromatic nitrogens is 2. The predicted octanol–water partition coefficient (Wildman–Crippen LogP) is 3.99. The molecule has 2 aromatic heterocycles. The van der Waals surface area contributed by atoms with Crippen molar-refractivity contribution < 1.29 is 0 Å². The number of aliphatic imine (C=N–C) groups is 2. The molecule has 148 valence electrons. The third-order valence-corrected chi connectivity index (χ3v) is 5.94. The van der Waals surface area contributed by atoms with Gasteiger partial charge in [0.15, 0.2) is 0 Å². The van der Waals surface area contributed by atoms with Crippen LogP contribution in [0.3, 0.4) is 0 Å². The van der Waals surface area contributed by atoms with Crippen molar-refractivity contribution in [3.63, 3.8) is 0 Å². The van der Waals surface area contributed by atoms with Gasteiger partial charge in [0, 0.05) is 5.56 Å². The number of nitrogens with zero attached hydrogens (tertiary/aromatic N) is 4. The molecule has 5 rings (SSSR count). The summed E-state index contributed by atoms with van der Waals surface area (Å²) >= 11 is 6.07. The Morgan fingerprint density at radius 3 is 2.66 bits per heavy atom. The van der Waals surface area contributed by atoms with Crippen LogP contribution >= 0.6 is 11.6 Å². The maximum Gasteiger partial charge on any atom is 0.220 e. The molecule has 1 aliphatic carbocycles. The topological polar surface area (TPSA) is 109 Å². The van der Waals surface area contributed by atoms with Crippen LogP contribution in [0.2, 0.25) is 5.15 Å². The van der Waals surface area contributed by atoms with Gasteiger partial charge in [-0.15, -0.1) is 0 Å². The molecule has 0 bridgehead atoms. The molecule has 3 heterocycles. The Morgan fingerprint density at radius 2 is 1.83 bits per heavy atom. The molecule has 1 saturated carbocycles. The summed E-state index contributed by atoms with van der Waals surface area (Å²) in [6, 6.07) is 13.8. The summed E-state index contributed by atoms with van der Waals surface area (Å²) in [7, 11) is 0. The minimum Gasteiger partial charge on any atom is -0.369 e. The van der Waals surface area contributed by atoms with Gasteiger partial charge in [0.2, 0.25) is 11.9 Å². The number of rotatable bonds is 2. The molecule has 0 unspecified atom stereocenters. The van der Waals surface area contributed by atoms with E-state index in [0.717, 1.165) is 53.7 Å². The molecular weight excluding hydrogens is 386 g/mol. The second-order valence-electron chi connectivity index (χ2n) is 7.59.